The van der Waals surface area contributed by atoms with Gasteiger partial charge in [-0.3, -0.25) is 4.99 Å². The summed E-state index contributed by atoms with van der Waals surface area (Å²) >= 11 is 5.33. The molecule has 122 valence electrons. The molecule has 1 aliphatic carbocycles. The molecule has 0 aliphatic heterocycles. The Morgan fingerprint density at radius 2 is 1.87 bits per heavy atom. The molecule has 23 heavy (non-hydrogen) atoms. The Bertz CT molecular complexity index is 748. The summed E-state index contributed by atoms with van der Waals surface area (Å²) in [5.41, 5.74) is 3.59. The number of rotatable bonds is 3. The quantitative estimate of drug-likeness (QED) is 0.621. The second kappa shape index (κ2) is 8.06. The Hall–Kier alpha value is -1.20. The van der Waals surface area contributed by atoms with Crippen LogP contribution in [0.5, 0.6) is 0 Å². The zero-order chi connectivity index (χ0) is 16.1. The van der Waals surface area contributed by atoms with Gasteiger partial charge in [-0.1, -0.05) is 47.0 Å². The minimum atomic E-state index is 0.779. The lowest BCUT2D eigenvalue weighted by Gasteiger charge is -2.08. The minimum Gasteiger partial charge on any atom is -0.258 e. The first kappa shape index (κ1) is 16.7. The summed E-state index contributed by atoms with van der Waals surface area (Å²) in [7, 11) is 0. The van der Waals surface area contributed by atoms with Crippen molar-refractivity contribution in [3.05, 3.63) is 38.9 Å². The second-order valence-corrected chi connectivity index (χ2v) is 7.44. The van der Waals surface area contributed by atoms with Crippen LogP contribution in [-0.4, -0.2) is 16.9 Å². The van der Waals surface area contributed by atoms with E-state index in [4.69, 9.17) is 5.10 Å². The van der Waals surface area contributed by atoms with Crippen molar-refractivity contribution in [3.8, 4) is 11.3 Å². The third-order valence-corrected chi connectivity index (χ3v) is 5.60. The van der Waals surface area contributed by atoms with Gasteiger partial charge in [0.05, 0.1) is 5.69 Å². The van der Waals surface area contributed by atoms with E-state index in [1.165, 1.54) is 37.0 Å². The Morgan fingerprint density at radius 1 is 1.13 bits per heavy atom. The maximum Gasteiger partial charge on any atom is 0.206 e. The standard InChI is InChI=1S/C18H22BrN3S/c1-2-20-18-22(21-14-9-5-3-4-6-10-14)17(13-23-18)15-11-7-8-12-16(15)19/h7-8,11-13H,2-6,9-10H2,1H3. The molecule has 0 bridgehead atoms. The first-order valence-electron chi connectivity index (χ1n) is 8.32. The van der Waals surface area contributed by atoms with Crippen LogP contribution in [0.3, 0.4) is 0 Å². The average molecular weight is 392 g/mol. The molecule has 1 fully saturated rings. The van der Waals surface area contributed by atoms with Crippen molar-refractivity contribution in [2.45, 2.75) is 45.4 Å². The van der Waals surface area contributed by atoms with E-state index >= 15 is 0 Å². The largest absolute Gasteiger partial charge is 0.258 e. The highest BCUT2D eigenvalue weighted by molar-refractivity contribution is 9.10. The monoisotopic (exact) mass is 391 g/mol. The van der Waals surface area contributed by atoms with Crippen LogP contribution in [0, 0.1) is 0 Å². The summed E-state index contributed by atoms with van der Waals surface area (Å²) in [4.78, 5) is 5.61. The van der Waals surface area contributed by atoms with E-state index in [2.05, 4.69) is 56.1 Å². The highest BCUT2D eigenvalue weighted by Gasteiger charge is 2.12. The highest BCUT2D eigenvalue weighted by Crippen LogP contribution is 2.28. The zero-order valence-corrected chi connectivity index (χ0v) is 15.9. The summed E-state index contributed by atoms with van der Waals surface area (Å²) < 4.78 is 3.14. The zero-order valence-electron chi connectivity index (χ0n) is 13.5. The van der Waals surface area contributed by atoms with Gasteiger partial charge in [0.1, 0.15) is 0 Å². The number of aromatic nitrogens is 1. The number of thiazole rings is 1. The molecule has 3 nitrogen and oxygen atoms in total. The van der Waals surface area contributed by atoms with Crippen LogP contribution >= 0.6 is 27.3 Å². The molecule has 1 aliphatic rings. The summed E-state index contributed by atoms with van der Waals surface area (Å²) in [5.74, 6) is 0. The molecule has 0 spiro atoms. The van der Waals surface area contributed by atoms with Crippen LogP contribution in [0.2, 0.25) is 0 Å². The van der Waals surface area contributed by atoms with Gasteiger partial charge in [-0.05, 0) is 38.7 Å². The predicted molar refractivity (Wildman–Crippen MR) is 102 cm³/mol. The molecule has 0 N–H and O–H groups in total. The van der Waals surface area contributed by atoms with E-state index in [0.29, 0.717) is 0 Å². The van der Waals surface area contributed by atoms with Gasteiger partial charge in [0, 0.05) is 27.7 Å². The van der Waals surface area contributed by atoms with E-state index < -0.39 is 0 Å². The number of hydrogen-bond acceptors (Lipinski definition) is 3. The van der Waals surface area contributed by atoms with Crippen molar-refractivity contribution >= 4 is 33.0 Å². The number of hydrogen-bond donors (Lipinski definition) is 0. The summed E-state index contributed by atoms with van der Waals surface area (Å²) in [6.07, 6.45) is 7.41. The molecule has 2 aromatic rings. The lowest BCUT2D eigenvalue weighted by molar-refractivity contribution is 0.702. The molecule has 1 heterocycles. The second-order valence-electron chi connectivity index (χ2n) is 5.75. The van der Waals surface area contributed by atoms with Crippen molar-refractivity contribution in [2.75, 3.05) is 6.54 Å². The Kier molecular flexibility index (Phi) is 5.84. The Labute approximate surface area is 149 Å². The lowest BCUT2D eigenvalue weighted by Crippen LogP contribution is -2.15. The molecule has 1 aromatic carbocycles. The van der Waals surface area contributed by atoms with Crippen LogP contribution in [-0.2, 0) is 0 Å². The molecule has 0 atom stereocenters. The van der Waals surface area contributed by atoms with Gasteiger partial charge < -0.3 is 0 Å². The lowest BCUT2D eigenvalue weighted by atomic mass is 10.2. The summed E-state index contributed by atoms with van der Waals surface area (Å²) in [6, 6.07) is 8.31. The van der Waals surface area contributed by atoms with Crippen molar-refractivity contribution in [1.82, 2.24) is 4.68 Å². The van der Waals surface area contributed by atoms with E-state index in [-0.39, 0.29) is 0 Å². The minimum absolute atomic E-state index is 0.779. The van der Waals surface area contributed by atoms with Gasteiger partial charge in [0.15, 0.2) is 0 Å². The first-order chi connectivity index (χ1) is 11.3. The maximum atomic E-state index is 5.00. The fourth-order valence-corrected chi connectivity index (χ4v) is 4.25. The SMILES string of the molecule is CCN=c1scc(-c2ccccc2Br)n1N=C1CCCCCC1. The highest BCUT2D eigenvalue weighted by atomic mass is 79.9. The van der Waals surface area contributed by atoms with E-state index in [0.717, 1.165) is 34.4 Å². The van der Waals surface area contributed by atoms with E-state index in [9.17, 15) is 0 Å². The summed E-state index contributed by atoms with van der Waals surface area (Å²) in [5, 5.41) is 7.17. The molecular weight excluding hydrogens is 370 g/mol. The number of nitrogens with zero attached hydrogens (tertiary/aromatic N) is 3. The van der Waals surface area contributed by atoms with Crippen LogP contribution in [0.25, 0.3) is 11.3 Å². The first-order valence-corrected chi connectivity index (χ1v) is 9.99. The molecule has 0 saturated heterocycles. The Balaban J connectivity index is 2.10. The molecule has 1 saturated carbocycles. The third kappa shape index (κ3) is 4.01. The third-order valence-electron chi connectivity index (χ3n) is 4.05. The van der Waals surface area contributed by atoms with Gasteiger partial charge in [0.2, 0.25) is 4.80 Å². The van der Waals surface area contributed by atoms with Crippen LogP contribution in [0.15, 0.2) is 44.2 Å². The fraction of sp³-hybridized carbons (Fsp3) is 0.444. The molecular formula is C18H22BrN3S. The van der Waals surface area contributed by atoms with E-state index in [1.807, 2.05) is 6.07 Å². The molecule has 3 rings (SSSR count). The molecule has 0 radical (unpaired) electrons. The van der Waals surface area contributed by atoms with Crippen LogP contribution in [0.1, 0.15) is 45.4 Å². The van der Waals surface area contributed by atoms with E-state index in [1.54, 1.807) is 11.3 Å². The van der Waals surface area contributed by atoms with Gasteiger partial charge in [0.25, 0.3) is 0 Å². The maximum absolute atomic E-state index is 5.00. The van der Waals surface area contributed by atoms with Crippen molar-refractivity contribution in [2.24, 2.45) is 10.1 Å². The Morgan fingerprint density at radius 3 is 2.57 bits per heavy atom. The fourth-order valence-electron chi connectivity index (χ4n) is 2.87. The summed E-state index contributed by atoms with van der Waals surface area (Å²) in [6.45, 7) is 2.85. The van der Waals surface area contributed by atoms with Gasteiger partial charge in [-0.25, -0.2) is 4.68 Å². The van der Waals surface area contributed by atoms with Crippen molar-refractivity contribution in [1.29, 1.82) is 0 Å². The molecule has 1 aromatic heterocycles. The van der Waals surface area contributed by atoms with Crippen molar-refractivity contribution < 1.29 is 0 Å². The van der Waals surface area contributed by atoms with Gasteiger partial charge in [-0.2, -0.15) is 5.10 Å². The van der Waals surface area contributed by atoms with Gasteiger partial charge in [-0.15, -0.1) is 11.3 Å². The topological polar surface area (TPSA) is 29.6 Å². The normalized spacial score (nSPS) is 16.4. The molecule has 5 heteroatoms. The molecule has 0 amide bonds. The average Bonchev–Trinajstić information content (AvgIpc) is 2.77. The van der Waals surface area contributed by atoms with Gasteiger partial charge >= 0.3 is 0 Å². The predicted octanol–water partition coefficient (Wildman–Crippen LogP) is 5.46. The van der Waals surface area contributed by atoms with Crippen molar-refractivity contribution in [3.63, 3.8) is 0 Å². The van der Waals surface area contributed by atoms with Crippen LogP contribution < -0.4 is 4.80 Å². The number of halogens is 1. The smallest absolute Gasteiger partial charge is 0.206 e. The molecule has 0 unspecified atom stereocenters. The number of benzene rings is 1. The van der Waals surface area contributed by atoms with Crippen LogP contribution in [0.4, 0.5) is 0 Å².